The standard InChI is InChI=1S/C23H19F2N3O4/c24-15-3-7-17(8-4-15)27-22(30)26-13-20-21(14-1-11-19(29)12-2-14)28(23(31)32-20)18-9-5-16(25)6-10-18/h1-12,20-21,29H,13H2,(H2,26,27,30)/t20-,21?/m1/s1. The van der Waals surface area contributed by atoms with Gasteiger partial charge < -0.3 is 20.5 Å². The number of cyclic esters (lactones) is 1. The third kappa shape index (κ3) is 4.61. The van der Waals surface area contributed by atoms with E-state index in [9.17, 15) is 23.5 Å². The van der Waals surface area contributed by atoms with Crippen LogP contribution >= 0.6 is 0 Å². The fraction of sp³-hybridized carbons (Fsp3) is 0.130. The number of halogens is 2. The van der Waals surface area contributed by atoms with Gasteiger partial charge in [-0.3, -0.25) is 4.90 Å². The summed E-state index contributed by atoms with van der Waals surface area (Å²) in [5.74, 6) is -0.815. The molecule has 0 radical (unpaired) electrons. The fourth-order valence-corrected chi connectivity index (χ4v) is 3.49. The minimum Gasteiger partial charge on any atom is -0.508 e. The highest BCUT2D eigenvalue weighted by atomic mass is 19.1. The molecule has 7 nitrogen and oxygen atoms in total. The second-order valence-electron chi connectivity index (χ2n) is 7.15. The quantitative estimate of drug-likeness (QED) is 0.544. The maximum atomic E-state index is 13.4. The molecule has 0 spiro atoms. The summed E-state index contributed by atoms with van der Waals surface area (Å²) >= 11 is 0. The van der Waals surface area contributed by atoms with E-state index in [4.69, 9.17) is 4.74 Å². The second kappa shape index (κ2) is 8.93. The first-order valence-corrected chi connectivity index (χ1v) is 9.75. The number of urea groups is 1. The van der Waals surface area contributed by atoms with Crippen molar-refractivity contribution in [3.05, 3.63) is 90.0 Å². The summed E-state index contributed by atoms with van der Waals surface area (Å²) in [5.41, 5.74) is 1.48. The van der Waals surface area contributed by atoms with Crippen LogP contribution in [-0.2, 0) is 4.74 Å². The van der Waals surface area contributed by atoms with E-state index in [1.165, 1.54) is 65.6 Å². The Morgan fingerprint density at radius 1 is 0.938 bits per heavy atom. The third-order valence-electron chi connectivity index (χ3n) is 4.98. The number of hydrogen-bond donors (Lipinski definition) is 3. The lowest BCUT2D eigenvalue weighted by atomic mass is 10.00. The van der Waals surface area contributed by atoms with Crippen molar-refractivity contribution in [3.8, 4) is 5.75 Å². The normalized spacial score (nSPS) is 17.7. The summed E-state index contributed by atoms with van der Waals surface area (Å²) in [6.07, 6.45) is -1.42. The summed E-state index contributed by atoms with van der Waals surface area (Å²) in [6.45, 7) is -0.0258. The highest BCUT2D eigenvalue weighted by Crippen LogP contribution is 2.37. The SMILES string of the molecule is O=C(NC[C@H]1OC(=O)N(c2ccc(F)cc2)C1c1ccc(O)cc1)Nc1ccc(F)cc1. The molecule has 1 fully saturated rings. The third-order valence-corrected chi connectivity index (χ3v) is 4.98. The number of aromatic hydroxyl groups is 1. The molecule has 1 unspecified atom stereocenters. The molecule has 32 heavy (non-hydrogen) atoms. The molecule has 3 aromatic rings. The van der Waals surface area contributed by atoms with E-state index in [2.05, 4.69) is 10.6 Å². The summed E-state index contributed by atoms with van der Waals surface area (Å²) in [7, 11) is 0. The van der Waals surface area contributed by atoms with Crippen LogP contribution < -0.4 is 15.5 Å². The Morgan fingerprint density at radius 2 is 1.53 bits per heavy atom. The number of rotatable bonds is 5. The molecule has 3 aromatic carbocycles. The van der Waals surface area contributed by atoms with Crippen molar-refractivity contribution in [2.45, 2.75) is 12.1 Å². The molecular formula is C23H19F2N3O4. The van der Waals surface area contributed by atoms with E-state index < -0.39 is 35.9 Å². The van der Waals surface area contributed by atoms with E-state index in [1.54, 1.807) is 12.1 Å². The van der Waals surface area contributed by atoms with Crippen molar-refractivity contribution in [1.29, 1.82) is 0 Å². The van der Waals surface area contributed by atoms with Crippen molar-refractivity contribution >= 4 is 23.5 Å². The van der Waals surface area contributed by atoms with Gasteiger partial charge in [-0.2, -0.15) is 0 Å². The molecule has 1 aliphatic heterocycles. The Kier molecular flexibility index (Phi) is 5.89. The Balaban J connectivity index is 1.53. The maximum Gasteiger partial charge on any atom is 0.415 e. The zero-order valence-corrected chi connectivity index (χ0v) is 16.7. The van der Waals surface area contributed by atoms with Gasteiger partial charge in [0, 0.05) is 11.4 Å². The van der Waals surface area contributed by atoms with Crippen LogP contribution in [0, 0.1) is 11.6 Å². The van der Waals surface area contributed by atoms with Gasteiger partial charge in [-0.1, -0.05) is 12.1 Å². The lowest BCUT2D eigenvalue weighted by Crippen LogP contribution is -2.38. The Morgan fingerprint density at radius 3 is 2.16 bits per heavy atom. The van der Waals surface area contributed by atoms with Crippen LogP contribution in [0.2, 0.25) is 0 Å². The van der Waals surface area contributed by atoms with Crippen LogP contribution in [0.4, 0.5) is 29.7 Å². The number of phenolic OH excluding ortho intramolecular Hbond substituents is 1. The average Bonchev–Trinajstić information content (AvgIpc) is 3.11. The van der Waals surface area contributed by atoms with Crippen LogP contribution in [0.25, 0.3) is 0 Å². The predicted molar refractivity (Wildman–Crippen MR) is 113 cm³/mol. The number of anilines is 2. The van der Waals surface area contributed by atoms with Gasteiger partial charge in [0.05, 0.1) is 6.54 Å². The number of carbonyl (C=O) groups is 2. The van der Waals surface area contributed by atoms with Gasteiger partial charge in [-0.05, 0) is 66.2 Å². The molecule has 0 saturated carbocycles. The highest BCUT2D eigenvalue weighted by Gasteiger charge is 2.43. The zero-order chi connectivity index (χ0) is 22.7. The molecular weight excluding hydrogens is 420 g/mol. The van der Waals surface area contributed by atoms with Crippen molar-refractivity contribution in [2.24, 2.45) is 0 Å². The number of benzene rings is 3. The molecule has 0 bridgehead atoms. The molecule has 0 aromatic heterocycles. The minimum absolute atomic E-state index is 0.0258. The van der Waals surface area contributed by atoms with E-state index in [0.29, 0.717) is 16.9 Å². The smallest absolute Gasteiger partial charge is 0.415 e. The summed E-state index contributed by atoms with van der Waals surface area (Å²) in [5, 5.41) is 14.8. The molecule has 0 aliphatic carbocycles. The van der Waals surface area contributed by atoms with Gasteiger partial charge in [0.2, 0.25) is 0 Å². The first-order chi connectivity index (χ1) is 15.4. The fourth-order valence-electron chi connectivity index (χ4n) is 3.49. The van der Waals surface area contributed by atoms with Crippen LogP contribution in [0.3, 0.4) is 0 Å². The molecule has 9 heteroatoms. The largest absolute Gasteiger partial charge is 0.508 e. The average molecular weight is 439 g/mol. The lowest BCUT2D eigenvalue weighted by Gasteiger charge is -2.25. The molecule has 1 heterocycles. The van der Waals surface area contributed by atoms with Crippen molar-refractivity contribution in [2.75, 3.05) is 16.8 Å². The van der Waals surface area contributed by atoms with Crippen molar-refractivity contribution < 1.29 is 28.2 Å². The summed E-state index contributed by atoms with van der Waals surface area (Å²) < 4.78 is 31.9. The molecule has 4 rings (SSSR count). The molecule has 164 valence electrons. The number of hydrogen-bond acceptors (Lipinski definition) is 4. The van der Waals surface area contributed by atoms with E-state index in [0.717, 1.165) is 0 Å². The van der Waals surface area contributed by atoms with E-state index >= 15 is 0 Å². The number of phenols is 1. The Bertz CT molecular complexity index is 1110. The zero-order valence-electron chi connectivity index (χ0n) is 16.7. The molecule has 2 atom stereocenters. The Hall–Kier alpha value is -4.14. The van der Waals surface area contributed by atoms with Gasteiger partial charge in [-0.15, -0.1) is 0 Å². The van der Waals surface area contributed by atoms with E-state index in [-0.39, 0.29) is 12.3 Å². The molecule has 1 saturated heterocycles. The lowest BCUT2D eigenvalue weighted by molar-refractivity contribution is 0.131. The maximum absolute atomic E-state index is 13.4. The number of nitrogens with zero attached hydrogens (tertiary/aromatic N) is 1. The van der Waals surface area contributed by atoms with Gasteiger partial charge in [0.25, 0.3) is 0 Å². The molecule has 3 N–H and O–H groups in total. The summed E-state index contributed by atoms with van der Waals surface area (Å²) in [6, 6.07) is 15.7. The highest BCUT2D eigenvalue weighted by molar-refractivity contribution is 5.92. The number of nitrogens with one attached hydrogen (secondary N) is 2. The van der Waals surface area contributed by atoms with E-state index in [1.807, 2.05) is 0 Å². The van der Waals surface area contributed by atoms with Gasteiger partial charge in [0.15, 0.2) is 0 Å². The first kappa shape index (κ1) is 21.1. The summed E-state index contributed by atoms with van der Waals surface area (Å²) in [4.78, 5) is 26.3. The Labute approximate surface area is 182 Å². The monoisotopic (exact) mass is 439 g/mol. The minimum atomic E-state index is -0.768. The van der Waals surface area contributed by atoms with Crippen LogP contribution in [0.5, 0.6) is 5.75 Å². The topological polar surface area (TPSA) is 90.9 Å². The van der Waals surface area contributed by atoms with Gasteiger partial charge in [0.1, 0.15) is 29.5 Å². The van der Waals surface area contributed by atoms with Gasteiger partial charge >= 0.3 is 12.1 Å². The van der Waals surface area contributed by atoms with Crippen LogP contribution in [0.15, 0.2) is 72.8 Å². The first-order valence-electron chi connectivity index (χ1n) is 9.75. The predicted octanol–water partition coefficient (Wildman–Crippen LogP) is 4.56. The number of ether oxygens (including phenoxy) is 1. The van der Waals surface area contributed by atoms with Crippen LogP contribution in [0.1, 0.15) is 11.6 Å². The number of amides is 3. The molecule has 1 aliphatic rings. The van der Waals surface area contributed by atoms with Crippen molar-refractivity contribution in [1.82, 2.24) is 5.32 Å². The van der Waals surface area contributed by atoms with Crippen molar-refractivity contribution in [3.63, 3.8) is 0 Å². The molecule has 3 amide bonds. The second-order valence-corrected chi connectivity index (χ2v) is 7.15. The number of carbonyl (C=O) groups excluding carboxylic acids is 2. The van der Waals surface area contributed by atoms with Gasteiger partial charge in [-0.25, -0.2) is 18.4 Å². The van der Waals surface area contributed by atoms with Crippen LogP contribution in [-0.4, -0.2) is 29.9 Å².